The number of hydrogen-bond acceptors (Lipinski definition) is 2. The molecule has 6 aliphatic rings. The van der Waals surface area contributed by atoms with E-state index < -0.39 is 10.8 Å². The first-order valence-corrected chi connectivity index (χ1v) is 16.3. The summed E-state index contributed by atoms with van der Waals surface area (Å²) in [5.41, 5.74) is 1.32. The fourth-order valence-electron chi connectivity index (χ4n) is 10.1. The second-order valence-electron chi connectivity index (χ2n) is 14.1. The SMILES string of the molecule is O=C(N(c1ccccc1)C1CCCCC1)C12CC3CC(C1)CC(C(=O)N(c1ccccc1)C1CCCCC1)(C3)C2. The fourth-order valence-corrected chi connectivity index (χ4v) is 10.1. The lowest BCUT2D eigenvalue weighted by Crippen LogP contribution is -2.64. The van der Waals surface area contributed by atoms with Crippen molar-refractivity contribution in [3.8, 4) is 0 Å². The molecular weight excluding hydrogens is 492 g/mol. The summed E-state index contributed by atoms with van der Waals surface area (Å²) < 4.78 is 0. The number of para-hydroxylation sites is 2. The molecule has 0 saturated heterocycles. The highest BCUT2D eigenvalue weighted by Gasteiger charge is 2.65. The highest BCUT2D eigenvalue weighted by atomic mass is 16.2. The summed E-state index contributed by atoms with van der Waals surface area (Å²) in [5.74, 6) is 1.64. The average molecular weight is 539 g/mol. The Balaban J connectivity index is 1.25. The number of benzene rings is 2. The van der Waals surface area contributed by atoms with Crippen LogP contribution in [0.25, 0.3) is 0 Å². The standard InChI is InChI=1S/C36H46N2O2/c39-33(37(29-13-5-1-6-14-29)30-15-7-2-8-16-30)35-22-27-21-28(23-35)25-36(24-27,26-35)34(40)38(31-17-9-3-10-18-31)32-19-11-4-12-20-32/h1,3,5-6,9-10,13-14,17-18,27-28,30,32H,2,4,7-8,11-12,15-16,19-26H2. The van der Waals surface area contributed by atoms with Gasteiger partial charge in [0.15, 0.2) is 0 Å². The van der Waals surface area contributed by atoms with Crippen molar-refractivity contribution in [1.82, 2.24) is 0 Å². The van der Waals surface area contributed by atoms with Gasteiger partial charge in [0, 0.05) is 23.5 Å². The number of amides is 2. The molecule has 0 unspecified atom stereocenters. The normalized spacial score (nSPS) is 32.1. The first kappa shape index (κ1) is 26.3. The Kier molecular flexibility index (Phi) is 7.00. The molecule has 2 amide bonds. The smallest absolute Gasteiger partial charge is 0.233 e. The molecule has 6 saturated carbocycles. The Morgan fingerprint density at radius 3 is 1.30 bits per heavy atom. The molecule has 212 valence electrons. The molecule has 0 spiro atoms. The maximum Gasteiger partial charge on any atom is 0.233 e. The van der Waals surface area contributed by atoms with Crippen LogP contribution in [0.3, 0.4) is 0 Å². The van der Waals surface area contributed by atoms with Crippen LogP contribution >= 0.6 is 0 Å². The van der Waals surface area contributed by atoms with Gasteiger partial charge < -0.3 is 9.80 Å². The van der Waals surface area contributed by atoms with Crippen LogP contribution in [0.2, 0.25) is 0 Å². The summed E-state index contributed by atoms with van der Waals surface area (Å²) >= 11 is 0. The van der Waals surface area contributed by atoms with E-state index in [4.69, 9.17) is 0 Å². The van der Waals surface area contributed by atoms with Gasteiger partial charge in [-0.1, -0.05) is 74.9 Å². The molecule has 0 heterocycles. The van der Waals surface area contributed by atoms with Crippen LogP contribution in [-0.4, -0.2) is 23.9 Å². The van der Waals surface area contributed by atoms with Crippen LogP contribution in [0.1, 0.15) is 103 Å². The molecule has 8 rings (SSSR count). The lowest BCUT2D eigenvalue weighted by Gasteiger charge is -2.62. The summed E-state index contributed by atoms with van der Waals surface area (Å²) in [7, 11) is 0. The van der Waals surface area contributed by atoms with Crippen molar-refractivity contribution in [2.45, 2.75) is 115 Å². The number of carbonyl (C=O) groups excluding carboxylic acids is 2. The van der Waals surface area contributed by atoms with E-state index >= 15 is 9.59 Å². The molecule has 6 fully saturated rings. The number of hydrogen-bond donors (Lipinski definition) is 0. The largest absolute Gasteiger partial charge is 0.309 e. The van der Waals surface area contributed by atoms with Gasteiger partial charge in [-0.05, 0) is 100 Å². The quantitative estimate of drug-likeness (QED) is 0.371. The van der Waals surface area contributed by atoms with Crippen LogP contribution in [0.15, 0.2) is 60.7 Å². The van der Waals surface area contributed by atoms with Crippen molar-refractivity contribution in [1.29, 1.82) is 0 Å². The van der Waals surface area contributed by atoms with Crippen molar-refractivity contribution < 1.29 is 9.59 Å². The summed E-state index contributed by atoms with van der Waals surface area (Å²) in [6.45, 7) is 0. The molecule has 0 atom stereocenters. The minimum Gasteiger partial charge on any atom is -0.309 e. The fraction of sp³-hybridized carbons (Fsp3) is 0.611. The van der Waals surface area contributed by atoms with Gasteiger partial charge in [-0.3, -0.25) is 9.59 Å². The molecule has 4 bridgehead atoms. The van der Waals surface area contributed by atoms with Gasteiger partial charge >= 0.3 is 0 Å². The lowest BCUT2D eigenvalue weighted by atomic mass is 9.43. The maximum absolute atomic E-state index is 15.0. The minimum atomic E-state index is -0.401. The van der Waals surface area contributed by atoms with Crippen molar-refractivity contribution in [2.75, 3.05) is 9.80 Å². The molecular formula is C36H46N2O2. The Labute approximate surface area is 240 Å². The van der Waals surface area contributed by atoms with Gasteiger partial charge in [-0.2, -0.15) is 0 Å². The Bertz CT molecular complexity index is 1090. The van der Waals surface area contributed by atoms with Crippen molar-refractivity contribution in [3.05, 3.63) is 60.7 Å². The third-order valence-corrected chi connectivity index (χ3v) is 11.4. The van der Waals surface area contributed by atoms with Gasteiger partial charge in [0.1, 0.15) is 0 Å². The molecule has 40 heavy (non-hydrogen) atoms. The molecule has 2 aromatic carbocycles. The zero-order chi connectivity index (χ0) is 27.2. The van der Waals surface area contributed by atoms with E-state index in [2.05, 4.69) is 70.5 Å². The second-order valence-corrected chi connectivity index (χ2v) is 14.1. The van der Waals surface area contributed by atoms with E-state index in [1.54, 1.807) is 0 Å². The van der Waals surface area contributed by atoms with E-state index in [9.17, 15) is 0 Å². The lowest BCUT2D eigenvalue weighted by molar-refractivity contribution is -0.165. The van der Waals surface area contributed by atoms with Crippen LogP contribution in [0, 0.1) is 22.7 Å². The second kappa shape index (κ2) is 10.7. The van der Waals surface area contributed by atoms with Crippen molar-refractivity contribution in [2.24, 2.45) is 22.7 Å². The summed E-state index contributed by atoms with van der Waals surface area (Å²) in [6.07, 6.45) is 17.6. The van der Waals surface area contributed by atoms with E-state index in [-0.39, 0.29) is 12.1 Å². The molecule has 0 radical (unpaired) electrons. The predicted octanol–water partition coefficient (Wildman–Crippen LogP) is 8.30. The summed E-state index contributed by atoms with van der Waals surface area (Å²) in [4.78, 5) is 34.5. The zero-order valence-corrected chi connectivity index (χ0v) is 24.1. The van der Waals surface area contributed by atoms with Crippen LogP contribution in [0.5, 0.6) is 0 Å². The highest BCUT2D eigenvalue weighted by Crippen LogP contribution is 2.66. The number of rotatable bonds is 6. The van der Waals surface area contributed by atoms with E-state index in [0.717, 1.165) is 69.2 Å². The van der Waals surface area contributed by atoms with Gasteiger partial charge in [-0.25, -0.2) is 0 Å². The van der Waals surface area contributed by atoms with Gasteiger partial charge in [0.05, 0.1) is 10.8 Å². The van der Waals surface area contributed by atoms with Crippen molar-refractivity contribution in [3.63, 3.8) is 0 Å². The molecule has 0 aliphatic heterocycles. The van der Waals surface area contributed by atoms with Gasteiger partial charge in [-0.15, -0.1) is 0 Å². The minimum absolute atomic E-state index is 0.284. The number of nitrogens with zero attached hydrogens (tertiary/aromatic N) is 2. The van der Waals surface area contributed by atoms with Crippen molar-refractivity contribution >= 4 is 23.2 Å². The molecule has 0 aromatic heterocycles. The summed E-state index contributed by atoms with van der Waals surface area (Å²) in [5, 5.41) is 0. The first-order chi connectivity index (χ1) is 19.6. The van der Waals surface area contributed by atoms with E-state index in [1.165, 1.54) is 44.9 Å². The Morgan fingerprint density at radius 1 is 0.550 bits per heavy atom. The first-order valence-electron chi connectivity index (χ1n) is 16.3. The highest BCUT2D eigenvalue weighted by molar-refractivity contribution is 6.02. The third-order valence-electron chi connectivity index (χ3n) is 11.4. The maximum atomic E-state index is 15.0. The van der Waals surface area contributed by atoms with Crippen LogP contribution in [-0.2, 0) is 9.59 Å². The van der Waals surface area contributed by atoms with E-state index in [0.29, 0.717) is 23.7 Å². The number of carbonyl (C=O) groups is 2. The topological polar surface area (TPSA) is 40.6 Å². The van der Waals surface area contributed by atoms with Gasteiger partial charge in [0.25, 0.3) is 0 Å². The number of anilines is 2. The molecule has 6 aliphatic carbocycles. The van der Waals surface area contributed by atoms with Crippen LogP contribution in [0.4, 0.5) is 11.4 Å². The predicted molar refractivity (Wildman–Crippen MR) is 161 cm³/mol. The Hall–Kier alpha value is -2.62. The van der Waals surface area contributed by atoms with E-state index in [1.807, 2.05) is 0 Å². The molecule has 4 nitrogen and oxygen atoms in total. The molecule has 0 N–H and O–H groups in total. The third kappa shape index (κ3) is 4.60. The van der Waals surface area contributed by atoms with Crippen LogP contribution < -0.4 is 9.80 Å². The molecule has 4 heteroatoms. The average Bonchev–Trinajstić information content (AvgIpc) is 2.99. The van der Waals surface area contributed by atoms with Gasteiger partial charge in [0.2, 0.25) is 11.8 Å². The Morgan fingerprint density at radius 2 is 0.925 bits per heavy atom. The molecule has 2 aromatic rings. The monoisotopic (exact) mass is 538 g/mol. The summed E-state index contributed by atoms with van der Waals surface area (Å²) in [6, 6.07) is 21.5. The zero-order valence-electron chi connectivity index (χ0n) is 24.1.